The van der Waals surface area contributed by atoms with E-state index in [2.05, 4.69) is 5.32 Å². The minimum Gasteiger partial charge on any atom is -0.497 e. The summed E-state index contributed by atoms with van der Waals surface area (Å²) in [5.41, 5.74) is 2.12. The summed E-state index contributed by atoms with van der Waals surface area (Å²) < 4.78 is 5.23. The molecule has 2 amide bonds. The van der Waals surface area contributed by atoms with E-state index in [0.717, 1.165) is 16.7 Å². The van der Waals surface area contributed by atoms with Crippen LogP contribution in [0.5, 0.6) is 5.75 Å². The molecule has 190 valence electrons. The van der Waals surface area contributed by atoms with Gasteiger partial charge in [0.05, 0.1) is 23.6 Å². The summed E-state index contributed by atoms with van der Waals surface area (Å²) in [6.45, 7) is 5.98. The lowest BCUT2D eigenvalue weighted by molar-refractivity contribution is -0.141. The number of hydrogen-bond acceptors (Lipinski definition) is 3. The predicted molar refractivity (Wildman–Crippen MR) is 146 cm³/mol. The van der Waals surface area contributed by atoms with Crippen molar-refractivity contribution in [2.45, 2.75) is 51.7 Å². The van der Waals surface area contributed by atoms with Gasteiger partial charge in [0.1, 0.15) is 11.8 Å². The van der Waals surface area contributed by atoms with Gasteiger partial charge in [-0.1, -0.05) is 71.7 Å². The zero-order chi connectivity index (χ0) is 26.3. The fourth-order valence-corrected chi connectivity index (χ4v) is 4.18. The lowest BCUT2D eigenvalue weighted by Gasteiger charge is -2.34. The van der Waals surface area contributed by atoms with Crippen LogP contribution in [0.3, 0.4) is 0 Å². The van der Waals surface area contributed by atoms with Crippen LogP contribution in [0.4, 0.5) is 0 Å². The lowest BCUT2D eigenvalue weighted by Crippen LogP contribution is -2.54. The Bertz CT molecular complexity index is 1180. The lowest BCUT2D eigenvalue weighted by atomic mass is 10.00. The number of ether oxygens (including phenoxy) is 1. The summed E-state index contributed by atoms with van der Waals surface area (Å²) in [5, 5.41) is 3.90. The first-order chi connectivity index (χ1) is 17.1. The molecule has 0 fully saturated rings. The van der Waals surface area contributed by atoms with E-state index < -0.39 is 11.6 Å². The first-order valence-corrected chi connectivity index (χ1v) is 12.5. The Morgan fingerprint density at radius 3 is 2.11 bits per heavy atom. The number of nitrogens with one attached hydrogen (secondary N) is 1. The molecule has 1 unspecified atom stereocenters. The third kappa shape index (κ3) is 8.00. The predicted octanol–water partition coefficient (Wildman–Crippen LogP) is 6.10. The highest BCUT2D eigenvalue weighted by Gasteiger charge is 2.32. The summed E-state index contributed by atoms with van der Waals surface area (Å²) >= 11 is 12.4. The van der Waals surface area contributed by atoms with E-state index >= 15 is 0 Å². The number of amides is 2. The maximum absolute atomic E-state index is 13.8. The van der Waals surface area contributed by atoms with Crippen molar-refractivity contribution in [2.24, 2.45) is 0 Å². The zero-order valence-corrected chi connectivity index (χ0v) is 22.6. The maximum Gasteiger partial charge on any atom is 0.243 e. The number of hydrogen-bond donors (Lipinski definition) is 1. The molecule has 0 saturated carbocycles. The highest BCUT2D eigenvalue weighted by atomic mass is 35.5. The minimum absolute atomic E-state index is 0.138. The van der Waals surface area contributed by atoms with Gasteiger partial charge in [-0.2, -0.15) is 0 Å². The van der Waals surface area contributed by atoms with Crippen molar-refractivity contribution in [3.63, 3.8) is 0 Å². The fourth-order valence-electron chi connectivity index (χ4n) is 3.86. The third-order valence-electron chi connectivity index (χ3n) is 5.62. The van der Waals surface area contributed by atoms with Crippen molar-refractivity contribution in [3.8, 4) is 5.75 Å². The Kier molecular flexibility index (Phi) is 9.41. The van der Waals surface area contributed by atoms with Crippen molar-refractivity contribution in [3.05, 3.63) is 99.5 Å². The topological polar surface area (TPSA) is 58.6 Å². The minimum atomic E-state index is -0.730. The van der Waals surface area contributed by atoms with E-state index in [1.54, 1.807) is 24.1 Å². The van der Waals surface area contributed by atoms with E-state index in [9.17, 15) is 9.59 Å². The second-order valence-electron chi connectivity index (χ2n) is 9.74. The summed E-state index contributed by atoms with van der Waals surface area (Å²) in [5.74, 6) is 0.330. The molecule has 0 bridgehead atoms. The van der Waals surface area contributed by atoms with Gasteiger partial charge >= 0.3 is 0 Å². The molecule has 0 spiro atoms. The number of nitrogens with zero attached hydrogens (tertiary/aromatic N) is 1. The molecule has 0 aromatic heterocycles. The smallest absolute Gasteiger partial charge is 0.243 e. The summed E-state index contributed by atoms with van der Waals surface area (Å²) in [7, 11) is 1.60. The van der Waals surface area contributed by atoms with Crippen molar-refractivity contribution < 1.29 is 14.3 Å². The molecule has 3 aromatic carbocycles. The highest BCUT2D eigenvalue weighted by Crippen LogP contribution is 2.25. The van der Waals surface area contributed by atoms with Gasteiger partial charge in [0.2, 0.25) is 11.8 Å². The number of halogens is 2. The Hall–Kier alpha value is -3.02. The molecular formula is C29H32Cl2N2O3. The summed E-state index contributed by atoms with van der Waals surface area (Å²) in [6.07, 6.45) is 0.512. The fraction of sp³-hybridized carbons (Fsp3) is 0.310. The third-order valence-corrected chi connectivity index (χ3v) is 6.36. The Labute approximate surface area is 223 Å². The van der Waals surface area contributed by atoms with Crippen LogP contribution < -0.4 is 10.1 Å². The van der Waals surface area contributed by atoms with E-state index in [4.69, 9.17) is 27.9 Å². The molecule has 36 heavy (non-hydrogen) atoms. The van der Waals surface area contributed by atoms with E-state index in [1.807, 2.05) is 81.4 Å². The molecule has 0 saturated heterocycles. The Morgan fingerprint density at radius 1 is 0.889 bits per heavy atom. The molecule has 3 aromatic rings. The van der Waals surface area contributed by atoms with Crippen LogP contribution in [-0.2, 0) is 29.0 Å². The molecule has 3 rings (SSSR count). The molecule has 1 atom stereocenters. The van der Waals surface area contributed by atoms with Crippen LogP contribution in [0.2, 0.25) is 10.0 Å². The SMILES string of the molecule is COc1ccc(CC(=O)N(Cc2ccc(Cl)c(Cl)c2)C(Cc2ccccc2)C(=O)NC(C)(C)C)cc1. The molecule has 0 radical (unpaired) electrons. The van der Waals surface area contributed by atoms with Gasteiger partial charge in [-0.05, 0) is 61.7 Å². The number of carbonyl (C=O) groups is 2. The van der Waals surface area contributed by atoms with E-state index in [0.29, 0.717) is 22.2 Å². The molecular weight excluding hydrogens is 495 g/mol. The number of methoxy groups -OCH3 is 1. The summed E-state index contributed by atoms with van der Waals surface area (Å²) in [4.78, 5) is 29.0. The molecule has 0 aliphatic heterocycles. The zero-order valence-electron chi connectivity index (χ0n) is 21.1. The van der Waals surface area contributed by atoms with Gasteiger partial charge < -0.3 is 15.0 Å². The molecule has 7 heteroatoms. The molecule has 0 aliphatic carbocycles. The van der Waals surface area contributed by atoms with Crippen molar-refractivity contribution in [1.29, 1.82) is 0 Å². The molecule has 5 nitrogen and oxygen atoms in total. The highest BCUT2D eigenvalue weighted by molar-refractivity contribution is 6.42. The molecule has 0 aliphatic rings. The van der Waals surface area contributed by atoms with Crippen LogP contribution in [0, 0.1) is 0 Å². The van der Waals surface area contributed by atoms with Crippen LogP contribution in [0.15, 0.2) is 72.8 Å². The monoisotopic (exact) mass is 526 g/mol. The average Bonchev–Trinajstić information content (AvgIpc) is 2.83. The van der Waals surface area contributed by atoms with Crippen LogP contribution in [0.25, 0.3) is 0 Å². The molecule has 1 N–H and O–H groups in total. The van der Waals surface area contributed by atoms with Crippen molar-refractivity contribution in [1.82, 2.24) is 10.2 Å². The van der Waals surface area contributed by atoms with Crippen LogP contribution >= 0.6 is 23.2 Å². The normalized spacial score (nSPS) is 12.1. The standard InChI is InChI=1S/C29H32Cl2N2O3/c1-29(2,3)32-28(35)26(17-20-8-6-5-7-9-20)33(19-22-12-15-24(30)25(31)16-22)27(34)18-21-10-13-23(36-4)14-11-21/h5-16,26H,17-19H2,1-4H3,(H,32,35). The average molecular weight is 527 g/mol. The van der Waals surface area contributed by atoms with E-state index in [1.165, 1.54) is 0 Å². The largest absolute Gasteiger partial charge is 0.497 e. The number of benzene rings is 3. The van der Waals surface area contributed by atoms with Crippen LogP contribution in [-0.4, -0.2) is 35.4 Å². The van der Waals surface area contributed by atoms with Gasteiger partial charge in [-0.3, -0.25) is 9.59 Å². The van der Waals surface area contributed by atoms with Gasteiger partial charge in [0.25, 0.3) is 0 Å². The van der Waals surface area contributed by atoms with Crippen LogP contribution in [0.1, 0.15) is 37.5 Å². The number of carbonyl (C=O) groups excluding carboxylic acids is 2. The van der Waals surface area contributed by atoms with Crippen molar-refractivity contribution >= 4 is 35.0 Å². The maximum atomic E-state index is 13.8. The summed E-state index contributed by atoms with van der Waals surface area (Å²) in [6, 6.07) is 21.6. The molecule has 0 heterocycles. The van der Waals surface area contributed by atoms with Crippen molar-refractivity contribution in [2.75, 3.05) is 7.11 Å². The quantitative estimate of drug-likeness (QED) is 0.366. The second kappa shape index (κ2) is 12.3. The van der Waals surface area contributed by atoms with Gasteiger partial charge in [0.15, 0.2) is 0 Å². The Balaban J connectivity index is 1.99. The van der Waals surface area contributed by atoms with E-state index in [-0.39, 0.29) is 24.8 Å². The first-order valence-electron chi connectivity index (χ1n) is 11.8. The second-order valence-corrected chi connectivity index (χ2v) is 10.6. The number of rotatable bonds is 9. The van der Waals surface area contributed by atoms with Gasteiger partial charge in [0, 0.05) is 18.5 Å². The van der Waals surface area contributed by atoms with Gasteiger partial charge in [-0.15, -0.1) is 0 Å². The first kappa shape index (κ1) is 27.6. The Morgan fingerprint density at radius 2 is 1.53 bits per heavy atom. The van der Waals surface area contributed by atoms with Gasteiger partial charge in [-0.25, -0.2) is 0 Å².